The zero-order valence-electron chi connectivity index (χ0n) is 16.2. The van der Waals surface area contributed by atoms with Gasteiger partial charge in [-0.2, -0.15) is 5.10 Å². The number of aryl methyl sites for hydroxylation is 1. The van der Waals surface area contributed by atoms with E-state index in [2.05, 4.69) is 10.4 Å². The summed E-state index contributed by atoms with van der Waals surface area (Å²) in [5.41, 5.74) is 4.10. The number of halogens is 1. The van der Waals surface area contributed by atoms with E-state index in [-0.39, 0.29) is 12.3 Å². The average Bonchev–Trinajstić information content (AvgIpc) is 2.97. The van der Waals surface area contributed by atoms with Gasteiger partial charge in [-0.15, -0.1) is 0 Å². The molecule has 1 N–H and O–H groups in total. The first-order valence-electron chi connectivity index (χ1n) is 8.76. The highest BCUT2D eigenvalue weighted by Gasteiger charge is 2.17. The maximum atomic E-state index is 12.6. The number of rotatable bonds is 6. The second-order valence-electron chi connectivity index (χ2n) is 6.33. The third-order valence-corrected chi connectivity index (χ3v) is 4.78. The maximum absolute atomic E-state index is 12.6. The summed E-state index contributed by atoms with van der Waals surface area (Å²) in [7, 11) is 3.13. The molecule has 0 saturated heterocycles. The fourth-order valence-corrected chi connectivity index (χ4v) is 3.15. The van der Waals surface area contributed by atoms with Crippen LogP contribution in [-0.4, -0.2) is 29.9 Å². The molecule has 6 nitrogen and oxygen atoms in total. The number of carbonyl (C=O) groups excluding carboxylic acids is 1. The minimum Gasteiger partial charge on any atom is -0.497 e. The Hall–Kier alpha value is -2.99. The van der Waals surface area contributed by atoms with Crippen LogP contribution >= 0.6 is 11.6 Å². The summed E-state index contributed by atoms with van der Waals surface area (Å²) < 4.78 is 12.3. The third kappa shape index (κ3) is 4.12. The first-order valence-corrected chi connectivity index (χ1v) is 9.13. The molecule has 7 heteroatoms. The Morgan fingerprint density at radius 3 is 2.46 bits per heavy atom. The average molecular weight is 400 g/mol. The highest BCUT2D eigenvalue weighted by molar-refractivity contribution is 6.30. The van der Waals surface area contributed by atoms with Crippen molar-refractivity contribution in [1.82, 2.24) is 9.78 Å². The van der Waals surface area contributed by atoms with Gasteiger partial charge in [-0.1, -0.05) is 11.6 Å². The third-order valence-electron chi connectivity index (χ3n) is 4.53. The number of ether oxygens (including phenoxy) is 2. The number of hydrogen-bond donors (Lipinski definition) is 1. The number of amides is 1. The van der Waals surface area contributed by atoms with E-state index in [0.717, 1.165) is 22.6 Å². The molecule has 0 saturated carbocycles. The van der Waals surface area contributed by atoms with E-state index < -0.39 is 0 Å². The van der Waals surface area contributed by atoms with Crippen LogP contribution in [0.15, 0.2) is 42.5 Å². The SMILES string of the molecule is COc1ccc(NC(=O)Cc2c(C)nn(-c3ccc(Cl)cc3)c2C)c(OC)c1. The number of hydrogen-bond acceptors (Lipinski definition) is 4. The molecular weight excluding hydrogens is 378 g/mol. The lowest BCUT2D eigenvalue weighted by Gasteiger charge is -2.12. The molecule has 3 rings (SSSR count). The number of carbonyl (C=O) groups is 1. The minimum atomic E-state index is -0.148. The van der Waals surface area contributed by atoms with Gasteiger partial charge in [0.15, 0.2) is 0 Å². The van der Waals surface area contributed by atoms with E-state index in [1.807, 2.05) is 42.8 Å². The van der Waals surface area contributed by atoms with Gasteiger partial charge >= 0.3 is 0 Å². The van der Waals surface area contributed by atoms with Gasteiger partial charge in [0.05, 0.1) is 37.7 Å². The van der Waals surface area contributed by atoms with Crippen molar-refractivity contribution in [2.24, 2.45) is 0 Å². The Labute approximate surface area is 169 Å². The van der Waals surface area contributed by atoms with Crippen molar-refractivity contribution in [2.75, 3.05) is 19.5 Å². The van der Waals surface area contributed by atoms with Crippen LogP contribution in [0, 0.1) is 13.8 Å². The van der Waals surface area contributed by atoms with E-state index in [9.17, 15) is 4.79 Å². The van der Waals surface area contributed by atoms with Crippen molar-refractivity contribution in [3.8, 4) is 17.2 Å². The lowest BCUT2D eigenvalue weighted by Crippen LogP contribution is -2.16. The first-order chi connectivity index (χ1) is 13.4. The van der Waals surface area contributed by atoms with Crippen molar-refractivity contribution in [1.29, 1.82) is 0 Å². The number of aromatic nitrogens is 2. The minimum absolute atomic E-state index is 0.148. The summed E-state index contributed by atoms with van der Waals surface area (Å²) in [5, 5.41) is 8.14. The topological polar surface area (TPSA) is 65.4 Å². The highest BCUT2D eigenvalue weighted by Crippen LogP contribution is 2.29. The zero-order valence-corrected chi connectivity index (χ0v) is 17.0. The van der Waals surface area contributed by atoms with Gasteiger partial charge in [0.1, 0.15) is 11.5 Å². The largest absolute Gasteiger partial charge is 0.497 e. The van der Waals surface area contributed by atoms with Crippen LogP contribution < -0.4 is 14.8 Å². The van der Waals surface area contributed by atoms with E-state index in [1.165, 1.54) is 0 Å². The molecule has 0 spiro atoms. The van der Waals surface area contributed by atoms with Crippen molar-refractivity contribution in [2.45, 2.75) is 20.3 Å². The summed E-state index contributed by atoms with van der Waals surface area (Å²) in [6, 6.07) is 12.7. The normalized spacial score (nSPS) is 10.6. The molecule has 0 atom stereocenters. The van der Waals surface area contributed by atoms with Gasteiger partial charge in [-0.3, -0.25) is 4.79 Å². The molecule has 146 valence electrons. The van der Waals surface area contributed by atoms with Gasteiger partial charge in [0, 0.05) is 22.3 Å². The van der Waals surface area contributed by atoms with Gasteiger partial charge in [-0.25, -0.2) is 4.68 Å². The van der Waals surface area contributed by atoms with Crippen LogP contribution in [-0.2, 0) is 11.2 Å². The molecule has 2 aromatic carbocycles. The molecule has 0 aliphatic carbocycles. The molecule has 1 amide bonds. The Morgan fingerprint density at radius 2 is 1.82 bits per heavy atom. The van der Waals surface area contributed by atoms with E-state index in [4.69, 9.17) is 21.1 Å². The molecule has 0 aliphatic rings. The maximum Gasteiger partial charge on any atom is 0.229 e. The van der Waals surface area contributed by atoms with Crippen LogP contribution in [0.4, 0.5) is 5.69 Å². The number of nitrogens with zero attached hydrogens (tertiary/aromatic N) is 2. The van der Waals surface area contributed by atoms with Crippen molar-refractivity contribution >= 4 is 23.2 Å². The summed E-state index contributed by atoms with van der Waals surface area (Å²) in [4.78, 5) is 12.6. The lowest BCUT2D eigenvalue weighted by atomic mass is 10.1. The van der Waals surface area contributed by atoms with Crippen LogP contribution in [0.2, 0.25) is 5.02 Å². The predicted octanol–water partition coefficient (Wildman–Crippen LogP) is 4.34. The zero-order chi connectivity index (χ0) is 20.3. The summed E-state index contributed by atoms with van der Waals surface area (Å²) in [5.74, 6) is 1.05. The highest BCUT2D eigenvalue weighted by atomic mass is 35.5. The van der Waals surface area contributed by atoms with Crippen LogP contribution in [0.1, 0.15) is 17.0 Å². The second kappa shape index (κ2) is 8.35. The molecule has 28 heavy (non-hydrogen) atoms. The van der Waals surface area contributed by atoms with E-state index in [0.29, 0.717) is 22.2 Å². The van der Waals surface area contributed by atoms with Gasteiger partial charge < -0.3 is 14.8 Å². The molecule has 0 bridgehead atoms. The molecule has 0 fully saturated rings. The first kappa shape index (κ1) is 19.8. The van der Waals surface area contributed by atoms with Crippen molar-refractivity contribution in [3.05, 3.63) is 64.4 Å². The molecule has 3 aromatic rings. The molecule has 1 aromatic heterocycles. The molecule has 0 aliphatic heterocycles. The molecule has 0 radical (unpaired) electrons. The Kier molecular flexibility index (Phi) is 5.90. The summed E-state index contributed by atoms with van der Waals surface area (Å²) in [6.45, 7) is 3.85. The van der Waals surface area contributed by atoms with E-state index >= 15 is 0 Å². The standard InChI is InChI=1S/C21H22ClN3O3/c1-13-18(14(2)25(24-13)16-7-5-15(22)6-8-16)12-21(26)23-19-10-9-17(27-3)11-20(19)28-4/h5-11H,12H2,1-4H3,(H,23,26). The monoisotopic (exact) mass is 399 g/mol. The lowest BCUT2D eigenvalue weighted by molar-refractivity contribution is -0.115. The predicted molar refractivity (Wildman–Crippen MR) is 110 cm³/mol. The van der Waals surface area contributed by atoms with Gasteiger partial charge in [0.25, 0.3) is 0 Å². The van der Waals surface area contributed by atoms with Crippen LogP contribution in [0.3, 0.4) is 0 Å². The molecule has 0 unspecified atom stereocenters. The van der Waals surface area contributed by atoms with Crippen molar-refractivity contribution < 1.29 is 14.3 Å². The summed E-state index contributed by atoms with van der Waals surface area (Å²) in [6.07, 6.45) is 0.209. The van der Waals surface area contributed by atoms with Crippen molar-refractivity contribution in [3.63, 3.8) is 0 Å². The number of benzene rings is 2. The Morgan fingerprint density at radius 1 is 1.11 bits per heavy atom. The molecule has 1 heterocycles. The fraction of sp³-hybridized carbons (Fsp3) is 0.238. The number of nitrogens with one attached hydrogen (secondary N) is 1. The quantitative estimate of drug-likeness (QED) is 0.669. The van der Waals surface area contributed by atoms with E-state index in [1.54, 1.807) is 32.4 Å². The van der Waals surface area contributed by atoms with Gasteiger partial charge in [-0.05, 0) is 50.2 Å². The number of methoxy groups -OCH3 is 2. The fourth-order valence-electron chi connectivity index (χ4n) is 3.02. The Bertz CT molecular complexity index is 997. The van der Waals surface area contributed by atoms with Gasteiger partial charge in [0.2, 0.25) is 5.91 Å². The second-order valence-corrected chi connectivity index (χ2v) is 6.77. The summed E-state index contributed by atoms with van der Waals surface area (Å²) >= 11 is 5.96. The van der Waals surface area contributed by atoms with Crippen LogP contribution in [0.25, 0.3) is 5.69 Å². The molecular formula is C21H22ClN3O3. The number of anilines is 1. The smallest absolute Gasteiger partial charge is 0.229 e. The Balaban J connectivity index is 1.80. The van der Waals surface area contributed by atoms with Crippen LogP contribution in [0.5, 0.6) is 11.5 Å².